The van der Waals surface area contributed by atoms with Crippen LogP contribution >= 0.6 is 15.9 Å². The molecule has 0 aliphatic carbocycles. The van der Waals surface area contributed by atoms with Crippen LogP contribution in [0.25, 0.3) is 0 Å². The summed E-state index contributed by atoms with van der Waals surface area (Å²) in [5.74, 6) is 0. The molecule has 1 unspecified atom stereocenters. The molecular weight excluding hydrogens is 316 g/mol. The van der Waals surface area contributed by atoms with Gasteiger partial charge in [-0.2, -0.15) is 0 Å². The molecule has 0 amide bonds. The van der Waals surface area contributed by atoms with Crippen molar-refractivity contribution >= 4 is 21.6 Å². The standard InChI is InChI=1S/C16H25BrN2O/c1-3-8-18-12(2)15-5-4-13(11-16(15)17)19-9-6-14(20)7-10-19/h4-5,11-12,14,18,20H,3,6-10H2,1-2H3. The number of rotatable bonds is 5. The molecule has 0 bridgehead atoms. The number of anilines is 1. The highest BCUT2D eigenvalue weighted by Gasteiger charge is 2.18. The molecule has 1 fully saturated rings. The lowest BCUT2D eigenvalue weighted by atomic mass is 10.0. The Bertz CT molecular complexity index is 430. The third kappa shape index (κ3) is 3.96. The quantitative estimate of drug-likeness (QED) is 0.861. The normalized spacial score (nSPS) is 18.3. The lowest BCUT2D eigenvalue weighted by molar-refractivity contribution is 0.145. The van der Waals surface area contributed by atoms with Gasteiger partial charge in [-0.15, -0.1) is 0 Å². The number of nitrogens with one attached hydrogen (secondary N) is 1. The van der Waals surface area contributed by atoms with Crippen LogP contribution in [0.5, 0.6) is 0 Å². The van der Waals surface area contributed by atoms with Crippen LogP contribution in [-0.4, -0.2) is 30.8 Å². The summed E-state index contributed by atoms with van der Waals surface area (Å²) in [6, 6.07) is 6.97. The first kappa shape index (κ1) is 15.8. The molecule has 2 rings (SSSR count). The molecule has 1 aromatic carbocycles. The lowest BCUT2D eigenvalue weighted by Crippen LogP contribution is -2.35. The van der Waals surface area contributed by atoms with E-state index in [0.29, 0.717) is 6.04 Å². The summed E-state index contributed by atoms with van der Waals surface area (Å²) in [5, 5.41) is 13.1. The summed E-state index contributed by atoms with van der Waals surface area (Å²) in [4.78, 5) is 2.35. The molecule has 112 valence electrons. The van der Waals surface area contributed by atoms with E-state index < -0.39 is 0 Å². The number of hydrogen-bond acceptors (Lipinski definition) is 3. The predicted molar refractivity (Wildman–Crippen MR) is 88.3 cm³/mol. The summed E-state index contributed by atoms with van der Waals surface area (Å²) < 4.78 is 1.16. The van der Waals surface area contributed by atoms with Crippen LogP contribution < -0.4 is 10.2 Å². The maximum atomic E-state index is 9.58. The highest BCUT2D eigenvalue weighted by atomic mass is 79.9. The molecule has 1 heterocycles. The Morgan fingerprint density at radius 2 is 2.10 bits per heavy atom. The van der Waals surface area contributed by atoms with E-state index in [0.717, 1.165) is 43.4 Å². The number of nitrogens with zero attached hydrogens (tertiary/aromatic N) is 1. The number of halogens is 1. The van der Waals surface area contributed by atoms with Crippen molar-refractivity contribution in [1.29, 1.82) is 0 Å². The molecule has 4 heteroatoms. The maximum absolute atomic E-state index is 9.58. The van der Waals surface area contributed by atoms with E-state index >= 15 is 0 Å². The number of aliphatic hydroxyl groups excluding tert-OH is 1. The fourth-order valence-corrected chi connectivity index (χ4v) is 3.37. The first-order chi connectivity index (χ1) is 9.61. The van der Waals surface area contributed by atoms with Crippen molar-refractivity contribution in [3.05, 3.63) is 28.2 Å². The van der Waals surface area contributed by atoms with Gasteiger partial charge in [0.2, 0.25) is 0 Å². The van der Waals surface area contributed by atoms with Gasteiger partial charge in [-0.25, -0.2) is 0 Å². The second kappa shape index (κ2) is 7.43. The second-order valence-corrected chi connectivity index (χ2v) is 6.45. The second-order valence-electron chi connectivity index (χ2n) is 5.60. The highest BCUT2D eigenvalue weighted by molar-refractivity contribution is 9.10. The van der Waals surface area contributed by atoms with E-state index in [1.807, 2.05) is 0 Å². The molecule has 0 saturated carbocycles. The molecule has 1 saturated heterocycles. The zero-order valence-electron chi connectivity index (χ0n) is 12.4. The van der Waals surface area contributed by atoms with E-state index in [1.165, 1.54) is 11.3 Å². The Kier molecular flexibility index (Phi) is 5.87. The zero-order valence-corrected chi connectivity index (χ0v) is 14.0. The van der Waals surface area contributed by atoms with E-state index in [1.54, 1.807) is 0 Å². The molecule has 3 nitrogen and oxygen atoms in total. The van der Waals surface area contributed by atoms with Crippen molar-refractivity contribution < 1.29 is 5.11 Å². The number of aliphatic hydroxyl groups is 1. The zero-order chi connectivity index (χ0) is 14.5. The Hall–Kier alpha value is -0.580. The first-order valence-electron chi connectivity index (χ1n) is 7.57. The molecule has 1 aliphatic rings. The molecule has 1 atom stereocenters. The molecule has 1 aromatic rings. The van der Waals surface area contributed by atoms with Gasteiger partial charge in [0.15, 0.2) is 0 Å². The van der Waals surface area contributed by atoms with Gasteiger partial charge in [-0.05, 0) is 50.4 Å². The Morgan fingerprint density at radius 3 is 2.70 bits per heavy atom. The van der Waals surface area contributed by atoms with Crippen LogP contribution in [0.15, 0.2) is 22.7 Å². The average molecular weight is 341 g/mol. The van der Waals surface area contributed by atoms with E-state index in [-0.39, 0.29) is 6.10 Å². The van der Waals surface area contributed by atoms with Gasteiger partial charge in [0, 0.05) is 29.3 Å². The third-order valence-corrected chi connectivity index (χ3v) is 4.67. The summed E-state index contributed by atoms with van der Waals surface area (Å²) in [5.41, 5.74) is 2.55. The summed E-state index contributed by atoms with van der Waals surface area (Å²) in [7, 11) is 0. The SMILES string of the molecule is CCCNC(C)c1ccc(N2CCC(O)CC2)cc1Br. The maximum Gasteiger partial charge on any atom is 0.0574 e. The number of benzene rings is 1. The van der Waals surface area contributed by atoms with Crippen LogP contribution in [0.2, 0.25) is 0 Å². The van der Waals surface area contributed by atoms with Gasteiger partial charge in [-0.1, -0.05) is 28.9 Å². The Balaban J connectivity index is 2.05. The summed E-state index contributed by atoms with van der Waals surface area (Å²) >= 11 is 3.70. The van der Waals surface area contributed by atoms with Crippen molar-refractivity contribution in [3.8, 4) is 0 Å². The fraction of sp³-hybridized carbons (Fsp3) is 0.625. The third-order valence-electron chi connectivity index (χ3n) is 3.98. The van der Waals surface area contributed by atoms with E-state index in [4.69, 9.17) is 0 Å². The van der Waals surface area contributed by atoms with E-state index in [2.05, 4.69) is 58.2 Å². The van der Waals surface area contributed by atoms with Crippen molar-refractivity contribution in [3.63, 3.8) is 0 Å². The number of hydrogen-bond donors (Lipinski definition) is 2. The largest absolute Gasteiger partial charge is 0.393 e. The first-order valence-corrected chi connectivity index (χ1v) is 8.37. The molecule has 1 aliphatic heterocycles. The fourth-order valence-electron chi connectivity index (χ4n) is 2.66. The van der Waals surface area contributed by atoms with Gasteiger partial charge in [0.25, 0.3) is 0 Å². The molecule has 2 N–H and O–H groups in total. The topological polar surface area (TPSA) is 35.5 Å². The van der Waals surface area contributed by atoms with Gasteiger partial charge in [0.1, 0.15) is 0 Å². The molecular formula is C16H25BrN2O. The molecule has 0 spiro atoms. The Labute approximate surface area is 130 Å². The van der Waals surface area contributed by atoms with Gasteiger partial charge >= 0.3 is 0 Å². The van der Waals surface area contributed by atoms with E-state index in [9.17, 15) is 5.11 Å². The minimum atomic E-state index is -0.118. The summed E-state index contributed by atoms with van der Waals surface area (Å²) in [6.07, 6.45) is 2.77. The van der Waals surface area contributed by atoms with Crippen LogP contribution in [0.4, 0.5) is 5.69 Å². The lowest BCUT2D eigenvalue weighted by Gasteiger charge is -2.32. The van der Waals surface area contributed by atoms with Gasteiger partial charge in [-0.3, -0.25) is 0 Å². The van der Waals surface area contributed by atoms with Crippen molar-refractivity contribution in [1.82, 2.24) is 5.32 Å². The molecule has 0 radical (unpaired) electrons. The van der Waals surface area contributed by atoms with Crippen LogP contribution in [0.1, 0.15) is 44.7 Å². The van der Waals surface area contributed by atoms with Gasteiger partial charge in [0.05, 0.1) is 6.10 Å². The minimum Gasteiger partial charge on any atom is -0.393 e. The highest BCUT2D eigenvalue weighted by Crippen LogP contribution is 2.29. The Morgan fingerprint density at radius 1 is 1.40 bits per heavy atom. The predicted octanol–water partition coefficient (Wildman–Crippen LogP) is 3.47. The smallest absolute Gasteiger partial charge is 0.0574 e. The van der Waals surface area contributed by atoms with Crippen LogP contribution in [-0.2, 0) is 0 Å². The number of piperidine rings is 1. The van der Waals surface area contributed by atoms with Crippen molar-refractivity contribution in [2.24, 2.45) is 0 Å². The monoisotopic (exact) mass is 340 g/mol. The van der Waals surface area contributed by atoms with Crippen LogP contribution in [0, 0.1) is 0 Å². The average Bonchev–Trinajstić information content (AvgIpc) is 2.45. The van der Waals surface area contributed by atoms with Crippen molar-refractivity contribution in [2.45, 2.75) is 45.3 Å². The molecule has 20 heavy (non-hydrogen) atoms. The van der Waals surface area contributed by atoms with Crippen LogP contribution in [0.3, 0.4) is 0 Å². The minimum absolute atomic E-state index is 0.118. The van der Waals surface area contributed by atoms with Crippen molar-refractivity contribution in [2.75, 3.05) is 24.5 Å². The van der Waals surface area contributed by atoms with Gasteiger partial charge < -0.3 is 15.3 Å². The summed E-state index contributed by atoms with van der Waals surface area (Å²) in [6.45, 7) is 7.31. The molecule has 0 aromatic heterocycles.